The number of rotatable bonds is 4. The Morgan fingerprint density at radius 1 is 1.20 bits per heavy atom. The van der Waals surface area contributed by atoms with Crippen molar-refractivity contribution in [3.8, 4) is 5.75 Å². The van der Waals surface area contributed by atoms with Crippen molar-refractivity contribution in [1.29, 1.82) is 0 Å². The number of hydrogen-bond acceptors (Lipinski definition) is 4. The highest BCUT2D eigenvalue weighted by molar-refractivity contribution is 7.92. The van der Waals surface area contributed by atoms with Crippen LogP contribution < -0.4 is 4.74 Å². The molecular formula is C14H22N2O3S. The molecule has 1 aromatic heterocycles. The van der Waals surface area contributed by atoms with E-state index < -0.39 is 9.84 Å². The largest absolute Gasteiger partial charge is 0.489 e. The lowest BCUT2D eigenvalue weighted by Gasteiger charge is -2.21. The maximum Gasteiger partial charge on any atom is 0.157 e. The SMILES string of the molecule is O=S1(=O)CCCC1COc1cnn(C2CCCCC2)c1. The van der Waals surface area contributed by atoms with Gasteiger partial charge in [-0.15, -0.1) is 0 Å². The van der Waals surface area contributed by atoms with E-state index in [4.69, 9.17) is 4.74 Å². The van der Waals surface area contributed by atoms with Crippen molar-refractivity contribution in [2.45, 2.75) is 56.2 Å². The normalized spacial score (nSPS) is 26.7. The van der Waals surface area contributed by atoms with Crippen LogP contribution in [0, 0.1) is 0 Å². The lowest BCUT2D eigenvalue weighted by atomic mass is 9.96. The standard InChI is InChI=1S/C14H22N2O3S/c17-20(18)8-4-7-14(20)11-19-13-9-15-16(10-13)12-5-2-1-3-6-12/h9-10,12,14H,1-8,11H2. The van der Waals surface area contributed by atoms with E-state index in [0.29, 0.717) is 17.5 Å². The maximum absolute atomic E-state index is 11.7. The summed E-state index contributed by atoms with van der Waals surface area (Å²) in [6.07, 6.45) is 11.3. The minimum atomic E-state index is -2.92. The van der Waals surface area contributed by atoms with E-state index in [1.165, 1.54) is 32.1 Å². The molecule has 0 spiro atoms. The number of ether oxygens (including phenoxy) is 1. The summed E-state index contributed by atoms with van der Waals surface area (Å²) in [7, 11) is -2.92. The number of hydrogen-bond donors (Lipinski definition) is 0. The van der Waals surface area contributed by atoms with E-state index in [0.717, 1.165) is 12.8 Å². The van der Waals surface area contributed by atoms with Crippen molar-refractivity contribution in [1.82, 2.24) is 9.78 Å². The topological polar surface area (TPSA) is 61.2 Å². The molecule has 1 saturated carbocycles. The molecule has 1 aliphatic heterocycles. The van der Waals surface area contributed by atoms with Crippen LogP contribution in [0.1, 0.15) is 51.0 Å². The third kappa shape index (κ3) is 3.00. The zero-order valence-electron chi connectivity index (χ0n) is 11.7. The highest BCUT2D eigenvalue weighted by Crippen LogP contribution is 2.29. The predicted octanol–water partition coefficient (Wildman–Crippen LogP) is 2.34. The van der Waals surface area contributed by atoms with Crippen LogP contribution in [-0.4, -0.2) is 35.8 Å². The summed E-state index contributed by atoms with van der Waals surface area (Å²) < 4.78 is 31.1. The summed E-state index contributed by atoms with van der Waals surface area (Å²) in [6, 6.07) is 0.483. The molecule has 1 unspecified atom stereocenters. The van der Waals surface area contributed by atoms with E-state index in [1.807, 2.05) is 10.9 Å². The lowest BCUT2D eigenvalue weighted by molar-refractivity contribution is 0.305. The molecule has 3 rings (SSSR count). The second-order valence-electron chi connectivity index (χ2n) is 5.89. The molecule has 1 aliphatic carbocycles. The van der Waals surface area contributed by atoms with Gasteiger partial charge in [-0.25, -0.2) is 8.42 Å². The molecule has 1 atom stereocenters. The van der Waals surface area contributed by atoms with Gasteiger partial charge in [0.25, 0.3) is 0 Å². The summed E-state index contributed by atoms with van der Waals surface area (Å²) in [6.45, 7) is 0.263. The third-order valence-corrected chi connectivity index (χ3v) is 6.67. The van der Waals surface area contributed by atoms with E-state index >= 15 is 0 Å². The van der Waals surface area contributed by atoms with Gasteiger partial charge < -0.3 is 4.74 Å². The highest BCUT2D eigenvalue weighted by atomic mass is 32.2. The van der Waals surface area contributed by atoms with Gasteiger partial charge in [0.05, 0.1) is 29.4 Å². The Morgan fingerprint density at radius 2 is 2.00 bits per heavy atom. The van der Waals surface area contributed by atoms with Crippen LogP contribution in [0.2, 0.25) is 0 Å². The monoisotopic (exact) mass is 298 g/mol. The summed E-state index contributed by atoms with van der Waals surface area (Å²) in [4.78, 5) is 0. The van der Waals surface area contributed by atoms with Crippen LogP contribution in [-0.2, 0) is 9.84 Å². The van der Waals surface area contributed by atoms with Crippen LogP contribution in [0.15, 0.2) is 12.4 Å². The molecule has 112 valence electrons. The first-order valence-electron chi connectivity index (χ1n) is 7.54. The van der Waals surface area contributed by atoms with Crippen molar-refractivity contribution in [3.05, 3.63) is 12.4 Å². The molecule has 0 bridgehead atoms. The van der Waals surface area contributed by atoms with Crippen LogP contribution in [0.3, 0.4) is 0 Å². The Hall–Kier alpha value is -1.04. The minimum absolute atomic E-state index is 0.263. The summed E-state index contributed by atoms with van der Waals surface area (Å²) in [5.41, 5.74) is 0. The van der Waals surface area contributed by atoms with Crippen LogP contribution in [0.4, 0.5) is 0 Å². The van der Waals surface area contributed by atoms with Gasteiger partial charge in [-0.05, 0) is 25.7 Å². The van der Waals surface area contributed by atoms with E-state index in [2.05, 4.69) is 5.10 Å². The molecule has 0 N–H and O–H groups in total. The fraction of sp³-hybridized carbons (Fsp3) is 0.786. The van der Waals surface area contributed by atoms with Gasteiger partial charge in [-0.2, -0.15) is 5.10 Å². The minimum Gasteiger partial charge on any atom is -0.489 e. The van der Waals surface area contributed by atoms with Crippen molar-refractivity contribution in [2.24, 2.45) is 0 Å². The number of aromatic nitrogens is 2. The molecule has 0 amide bonds. The average molecular weight is 298 g/mol. The fourth-order valence-electron chi connectivity index (χ4n) is 3.17. The zero-order chi connectivity index (χ0) is 14.0. The molecule has 6 heteroatoms. The van der Waals surface area contributed by atoms with Gasteiger partial charge in [-0.1, -0.05) is 19.3 Å². The van der Waals surface area contributed by atoms with E-state index in [-0.39, 0.29) is 11.9 Å². The van der Waals surface area contributed by atoms with Gasteiger partial charge in [0.1, 0.15) is 6.61 Å². The Morgan fingerprint density at radius 3 is 2.70 bits per heavy atom. The smallest absolute Gasteiger partial charge is 0.157 e. The first-order valence-corrected chi connectivity index (χ1v) is 9.25. The molecule has 0 aromatic carbocycles. The van der Waals surface area contributed by atoms with E-state index in [1.54, 1.807) is 6.20 Å². The van der Waals surface area contributed by atoms with Gasteiger partial charge in [-0.3, -0.25) is 4.68 Å². The first kappa shape index (κ1) is 13.9. The summed E-state index contributed by atoms with van der Waals surface area (Å²) >= 11 is 0. The lowest BCUT2D eigenvalue weighted by Crippen LogP contribution is -2.23. The molecule has 20 heavy (non-hydrogen) atoms. The Kier molecular flexibility index (Phi) is 4.01. The Labute approximate surface area is 120 Å². The van der Waals surface area contributed by atoms with Crippen molar-refractivity contribution in [2.75, 3.05) is 12.4 Å². The van der Waals surface area contributed by atoms with Crippen LogP contribution >= 0.6 is 0 Å². The van der Waals surface area contributed by atoms with Gasteiger partial charge >= 0.3 is 0 Å². The summed E-state index contributed by atoms with van der Waals surface area (Å²) in [5, 5.41) is 4.03. The fourth-order valence-corrected chi connectivity index (χ4v) is 4.88. The molecular weight excluding hydrogens is 276 g/mol. The van der Waals surface area contributed by atoms with Crippen molar-refractivity contribution >= 4 is 9.84 Å². The number of sulfone groups is 1. The molecule has 2 fully saturated rings. The first-order chi connectivity index (χ1) is 9.65. The zero-order valence-corrected chi connectivity index (χ0v) is 12.5. The third-order valence-electron chi connectivity index (χ3n) is 4.43. The molecule has 5 nitrogen and oxygen atoms in total. The Balaban J connectivity index is 1.57. The van der Waals surface area contributed by atoms with Crippen molar-refractivity contribution < 1.29 is 13.2 Å². The van der Waals surface area contributed by atoms with Crippen molar-refractivity contribution in [3.63, 3.8) is 0 Å². The van der Waals surface area contributed by atoms with Gasteiger partial charge in [0.2, 0.25) is 0 Å². The van der Waals surface area contributed by atoms with E-state index in [9.17, 15) is 8.42 Å². The Bertz CT molecular complexity index is 547. The average Bonchev–Trinajstić information content (AvgIpc) is 3.04. The molecule has 1 aromatic rings. The molecule has 0 radical (unpaired) electrons. The molecule has 2 aliphatic rings. The quantitative estimate of drug-likeness (QED) is 0.856. The van der Waals surface area contributed by atoms with Crippen LogP contribution in [0.5, 0.6) is 5.75 Å². The summed E-state index contributed by atoms with van der Waals surface area (Å²) in [5.74, 6) is 1.00. The highest BCUT2D eigenvalue weighted by Gasteiger charge is 2.31. The molecule has 2 heterocycles. The maximum atomic E-state index is 11.7. The van der Waals surface area contributed by atoms with Gasteiger partial charge in [0.15, 0.2) is 15.6 Å². The second-order valence-corrected chi connectivity index (χ2v) is 8.29. The predicted molar refractivity (Wildman–Crippen MR) is 76.7 cm³/mol. The number of nitrogens with zero attached hydrogens (tertiary/aromatic N) is 2. The van der Waals surface area contributed by atoms with Crippen LogP contribution in [0.25, 0.3) is 0 Å². The molecule has 1 saturated heterocycles. The second kappa shape index (κ2) is 5.76. The van der Waals surface area contributed by atoms with Gasteiger partial charge in [0, 0.05) is 0 Å².